The van der Waals surface area contributed by atoms with Crippen LogP contribution in [-0.4, -0.2) is 39.6 Å². The van der Waals surface area contributed by atoms with Crippen LogP contribution >= 0.6 is 11.8 Å². The summed E-state index contributed by atoms with van der Waals surface area (Å²) in [4.78, 5) is 12.4. The summed E-state index contributed by atoms with van der Waals surface area (Å²) in [6.07, 6.45) is 2.36. The SMILES string of the molecule is COc1ccc(CCNC(=O)[C@H](C)Sc2nnc(-c3ccco3)n2C)cc1. The number of furan rings is 1. The molecule has 2 aromatic heterocycles. The average Bonchev–Trinajstić information content (AvgIpc) is 3.32. The molecule has 0 fully saturated rings. The number of nitrogens with zero attached hydrogens (tertiary/aromatic N) is 3. The third-order valence-corrected chi connectivity index (χ3v) is 5.23. The molecule has 0 bridgehead atoms. The topological polar surface area (TPSA) is 82.2 Å². The number of hydrogen-bond acceptors (Lipinski definition) is 6. The number of hydrogen-bond donors (Lipinski definition) is 1. The fourth-order valence-electron chi connectivity index (χ4n) is 2.52. The van der Waals surface area contributed by atoms with Crippen LogP contribution in [-0.2, 0) is 18.3 Å². The van der Waals surface area contributed by atoms with Crippen molar-refractivity contribution in [2.24, 2.45) is 7.05 Å². The van der Waals surface area contributed by atoms with E-state index in [1.807, 2.05) is 48.9 Å². The number of carbonyl (C=O) groups is 1. The van der Waals surface area contributed by atoms with Gasteiger partial charge in [0, 0.05) is 13.6 Å². The quantitative estimate of drug-likeness (QED) is 0.600. The Labute approximate surface area is 162 Å². The van der Waals surface area contributed by atoms with E-state index < -0.39 is 0 Å². The van der Waals surface area contributed by atoms with Crippen molar-refractivity contribution < 1.29 is 13.9 Å². The molecule has 1 aromatic carbocycles. The maximum Gasteiger partial charge on any atom is 0.233 e. The normalized spacial score (nSPS) is 12.0. The lowest BCUT2D eigenvalue weighted by Gasteiger charge is -2.11. The lowest BCUT2D eigenvalue weighted by atomic mass is 10.1. The molecule has 1 atom stereocenters. The van der Waals surface area contributed by atoms with Crippen LogP contribution in [0, 0.1) is 0 Å². The fraction of sp³-hybridized carbons (Fsp3) is 0.316. The molecule has 3 rings (SSSR count). The van der Waals surface area contributed by atoms with E-state index in [4.69, 9.17) is 9.15 Å². The van der Waals surface area contributed by atoms with E-state index in [1.165, 1.54) is 11.8 Å². The molecule has 0 spiro atoms. The van der Waals surface area contributed by atoms with Gasteiger partial charge in [0.2, 0.25) is 5.91 Å². The number of aromatic nitrogens is 3. The first-order chi connectivity index (χ1) is 13.1. The van der Waals surface area contributed by atoms with Crippen molar-refractivity contribution in [3.05, 3.63) is 48.2 Å². The summed E-state index contributed by atoms with van der Waals surface area (Å²) in [5, 5.41) is 11.7. The van der Waals surface area contributed by atoms with Gasteiger partial charge in [0.05, 0.1) is 18.6 Å². The number of methoxy groups -OCH3 is 1. The summed E-state index contributed by atoms with van der Waals surface area (Å²) in [5.74, 6) is 2.07. The van der Waals surface area contributed by atoms with Gasteiger partial charge in [0.25, 0.3) is 0 Å². The number of carbonyl (C=O) groups excluding carboxylic acids is 1. The van der Waals surface area contributed by atoms with Crippen LogP contribution in [0.3, 0.4) is 0 Å². The summed E-state index contributed by atoms with van der Waals surface area (Å²) in [6, 6.07) is 11.5. The van der Waals surface area contributed by atoms with Crippen LogP contribution in [0.1, 0.15) is 12.5 Å². The zero-order chi connectivity index (χ0) is 19.2. The highest BCUT2D eigenvalue weighted by Crippen LogP contribution is 2.25. The summed E-state index contributed by atoms with van der Waals surface area (Å²) in [5.41, 5.74) is 1.15. The molecule has 3 aromatic rings. The number of thioether (sulfide) groups is 1. The van der Waals surface area contributed by atoms with Crippen molar-refractivity contribution in [3.63, 3.8) is 0 Å². The molecular weight excluding hydrogens is 364 g/mol. The highest BCUT2D eigenvalue weighted by molar-refractivity contribution is 8.00. The average molecular weight is 386 g/mol. The molecular formula is C19H22N4O3S. The summed E-state index contributed by atoms with van der Waals surface area (Å²) >= 11 is 1.37. The van der Waals surface area contributed by atoms with Crippen molar-refractivity contribution in [2.45, 2.75) is 23.8 Å². The number of ether oxygens (including phenoxy) is 1. The highest BCUT2D eigenvalue weighted by atomic mass is 32.2. The minimum absolute atomic E-state index is 0.0314. The fourth-order valence-corrected chi connectivity index (χ4v) is 3.35. The molecule has 142 valence electrons. The number of nitrogens with one attached hydrogen (secondary N) is 1. The van der Waals surface area contributed by atoms with Crippen LogP contribution < -0.4 is 10.1 Å². The largest absolute Gasteiger partial charge is 0.497 e. The smallest absolute Gasteiger partial charge is 0.233 e. The van der Waals surface area contributed by atoms with Crippen molar-refractivity contribution in [3.8, 4) is 17.3 Å². The van der Waals surface area contributed by atoms with Crippen LogP contribution in [0.5, 0.6) is 5.75 Å². The first-order valence-electron chi connectivity index (χ1n) is 8.59. The van der Waals surface area contributed by atoms with Gasteiger partial charge in [-0.05, 0) is 43.2 Å². The lowest BCUT2D eigenvalue weighted by molar-refractivity contribution is -0.120. The van der Waals surface area contributed by atoms with Crippen molar-refractivity contribution >= 4 is 17.7 Å². The molecule has 0 saturated heterocycles. The molecule has 0 aliphatic rings. The van der Waals surface area contributed by atoms with Gasteiger partial charge < -0.3 is 19.0 Å². The van der Waals surface area contributed by atoms with E-state index in [2.05, 4.69) is 15.5 Å². The minimum Gasteiger partial charge on any atom is -0.497 e. The predicted octanol–water partition coefficient (Wildman–Crippen LogP) is 2.92. The Morgan fingerprint density at radius 2 is 2.07 bits per heavy atom. The molecule has 0 aliphatic carbocycles. The van der Waals surface area contributed by atoms with Gasteiger partial charge >= 0.3 is 0 Å². The second-order valence-corrected chi connectivity index (χ2v) is 7.30. The highest BCUT2D eigenvalue weighted by Gasteiger charge is 2.19. The van der Waals surface area contributed by atoms with E-state index in [9.17, 15) is 4.79 Å². The number of benzene rings is 1. The Hall–Kier alpha value is -2.74. The van der Waals surface area contributed by atoms with Gasteiger partial charge in [-0.1, -0.05) is 23.9 Å². The van der Waals surface area contributed by atoms with Gasteiger partial charge in [0.15, 0.2) is 16.7 Å². The summed E-state index contributed by atoms with van der Waals surface area (Å²) in [6.45, 7) is 2.43. The molecule has 7 nitrogen and oxygen atoms in total. The number of amides is 1. The summed E-state index contributed by atoms with van der Waals surface area (Å²) in [7, 11) is 3.50. The summed E-state index contributed by atoms with van der Waals surface area (Å²) < 4.78 is 12.3. The molecule has 27 heavy (non-hydrogen) atoms. The second-order valence-electron chi connectivity index (χ2n) is 5.99. The van der Waals surface area contributed by atoms with Crippen LogP contribution in [0.25, 0.3) is 11.6 Å². The standard InChI is InChI=1S/C19H22N4O3S/c1-13(18(24)20-11-10-14-6-8-15(25-3)9-7-14)27-19-22-21-17(23(19)2)16-5-4-12-26-16/h4-9,12-13H,10-11H2,1-3H3,(H,20,24)/t13-/m0/s1. The van der Waals surface area contributed by atoms with Gasteiger partial charge in [-0.3, -0.25) is 4.79 Å². The van der Waals surface area contributed by atoms with Crippen molar-refractivity contribution in [2.75, 3.05) is 13.7 Å². The van der Waals surface area contributed by atoms with Gasteiger partial charge in [-0.2, -0.15) is 0 Å². The first kappa shape index (κ1) is 19.0. The molecule has 0 aliphatic heterocycles. The number of rotatable bonds is 8. The van der Waals surface area contributed by atoms with Gasteiger partial charge in [-0.15, -0.1) is 10.2 Å². The second kappa shape index (κ2) is 8.77. The molecule has 1 amide bonds. The zero-order valence-electron chi connectivity index (χ0n) is 15.5. The van der Waals surface area contributed by atoms with Crippen LogP contribution in [0.2, 0.25) is 0 Å². The third-order valence-electron chi connectivity index (χ3n) is 4.10. The molecule has 8 heteroatoms. The molecule has 0 radical (unpaired) electrons. The maximum absolute atomic E-state index is 12.4. The van der Waals surface area contributed by atoms with Gasteiger partial charge in [0.1, 0.15) is 5.75 Å². The predicted molar refractivity (Wildman–Crippen MR) is 104 cm³/mol. The Morgan fingerprint density at radius 3 is 2.74 bits per heavy atom. The molecule has 0 unspecified atom stereocenters. The van der Waals surface area contributed by atoms with E-state index in [1.54, 1.807) is 19.4 Å². The Balaban J connectivity index is 1.50. The Morgan fingerprint density at radius 1 is 1.30 bits per heavy atom. The maximum atomic E-state index is 12.4. The van der Waals surface area contributed by atoms with Gasteiger partial charge in [-0.25, -0.2) is 0 Å². The Bertz CT molecular complexity index is 875. The molecule has 1 N–H and O–H groups in total. The van der Waals surface area contributed by atoms with Crippen molar-refractivity contribution in [1.82, 2.24) is 20.1 Å². The lowest BCUT2D eigenvalue weighted by Crippen LogP contribution is -2.32. The van der Waals surface area contributed by atoms with Crippen LogP contribution in [0.15, 0.2) is 52.2 Å². The third kappa shape index (κ3) is 4.71. The van der Waals surface area contributed by atoms with E-state index in [0.29, 0.717) is 23.3 Å². The van der Waals surface area contributed by atoms with E-state index in [-0.39, 0.29) is 11.2 Å². The molecule has 0 saturated carbocycles. The molecule has 2 heterocycles. The Kier molecular flexibility index (Phi) is 6.18. The van der Waals surface area contributed by atoms with E-state index in [0.717, 1.165) is 17.7 Å². The van der Waals surface area contributed by atoms with E-state index >= 15 is 0 Å². The van der Waals surface area contributed by atoms with Crippen molar-refractivity contribution in [1.29, 1.82) is 0 Å². The first-order valence-corrected chi connectivity index (χ1v) is 9.47. The minimum atomic E-state index is -0.284. The van der Waals surface area contributed by atoms with Crippen LogP contribution in [0.4, 0.5) is 0 Å². The zero-order valence-corrected chi connectivity index (χ0v) is 16.3. The monoisotopic (exact) mass is 386 g/mol.